The Morgan fingerprint density at radius 1 is 1.50 bits per heavy atom. The molecule has 2 aliphatic heterocycles. The number of aldehydes is 1. The molecule has 0 aliphatic carbocycles. The molecule has 0 N–H and O–H groups in total. The SMILES string of the molecule is CC1(C)OC[C@H]([C@H]2O[C@@H]2C=O)O1. The summed E-state index contributed by atoms with van der Waals surface area (Å²) in [6.07, 6.45) is 0.381. The quantitative estimate of drug-likeness (QED) is 0.438. The van der Waals surface area contributed by atoms with E-state index in [1.807, 2.05) is 13.8 Å². The average Bonchev–Trinajstić information content (AvgIpc) is 2.70. The molecule has 2 aliphatic rings. The normalized spacial score (nSPS) is 44.3. The maximum atomic E-state index is 10.3. The second kappa shape index (κ2) is 2.52. The van der Waals surface area contributed by atoms with E-state index in [0.29, 0.717) is 6.61 Å². The molecule has 0 bridgehead atoms. The lowest BCUT2D eigenvalue weighted by atomic mass is 10.2. The second-order valence-electron chi connectivity index (χ2n) is 3.57. The summed E-state index contributed by atoms with van der Waals surface area (Å²) < 4.78 is 15.9. The first kappa shape index (κ1) is 8.16. The van der Waals surface area contributed by atoms with Crippen molar-refractivity contribution in [2.75, 3.05) is 6.61 Å². The van der Waals surface area contributed by atoms with Crippen LogP contribution in [0.1, 0.15) is 13.8 Å². The van der Waals surface area contributed by atoms with Gasteiger partial charge in [0.1, 0.15) is 18.3 Å². The minimum atomic E-state index is -0.524. The summed E-state index contributed by atoms with van der Waals surface area (Å²) in [6.45, 7) is 4.22. The van der Waals surface area contributed by atoms with Gasteiger partial charge in [0.05, 0.1) is 6.61 Å². The smallest absolute Gasteiger partial charge is 0.163 e. The van der Waals surface area contributed by atoms with Crippen LogP contribution in [0, 0.1) is 0 Å². The Morgan fingerprint density at radius 2 is 2.25 bits per heavy atom. The zero-order valence-corrected chi connectivity index (χ0v) is 7.15. The van der Waals surface area contributed by atoms with E-state index in [2.05, 4.69) is 0 Å². The van der Waals surface area contributed by atoms with Crippen LogP contribution in [0.5, 0.6) is 0 Å². The zero-order chi connectivity index (χ0) is 8.77. The molecule has 3 atom stereocenters. The van der Waals surface area contributed by atoms with E-state index in [9.17, 15) is 4.79 Å². The van der Waals surface area contributed by atoms with Gasteiger partial charge >= 0.3 is 0 Å². The summed E-state index contributed by atoms with van der Waals surface area (Å²) in [5, 5.41) is 0. The van der Waals surface area contributed by atoms with Crippen LogP contribution < -0.4 is 0 Å². The number of rotatable bonds is 2. The van der Waals surface area contributed by atoms with Crippen LogP contribution in [-0.2, 0) is 19.0 Å². The van der Waals surface area contributed by atoms with Crippen LogP contribution in [0.4, 0.5) is 0 Å². The third kappa shape index (κ3) is 1.37. The monoisotopic (exact) mass is 172 g/mol. The molecule has 2 fully saturated rings. The second-order valence-corrected chi connectivity index (χ2v) is 3.57. The van der Waals surface area contributed by atoms with Gasteiger partial charge in [-0.05, 0) is 13.8 Å². The fourth-order valence-corrected chi connectivity index (χ4v) is 1.42. The Bertz CT molecular complexity index is 201. The van der Waals surface area contributed by atoms with Crippen molar-refractivity contribution in [3.8, 4) is 0 Å². The fraction of sp³-hybridized carbons (Fsp3) is 0.875. The van der Waals surface area contributed by atoms with Crippen LogP contribution in [0.2, 0.25) is 0 Å². The molecule has 4 heteroatoms. The lowest BCUT2D eigenvalue weighted by Crippen LogP contribution is -2.25. The molecule has 2 rings (SSSR count). The van der Waals surface area contributed by atoms with Crippen LogP contribution >= 0.6 is 0 Å². The molecule has 0 radical (unpaired) electrons. The lowest BCUT2D eigenvalue weighted by Gasteiger charge is -2.16. The first-order valence-corrected chi connectivity index (χ1v) is 4.05. The molecule has 0 aromatic heterocycles. The van der Waals surface area contributed by atoms with Crippen molar-refractivity contribution >= 4 is 6.29 Å². The number of carbonyl (C=O) groups is 1. The Labute approximate surface area is 70.8 Å². The van der Waals surface area contributed by atoms with Crippen molar-refractivity contribution in [3.63, 3.8) is 0 Å². The van der Waals surface area contributed by atoms with Crippen LogP contribution in [-0.4, -0.2) is 37.0 Å². The van der Waals surface area contributed by atoms with Crippen molar-refractivity contribution in [1.29, 1.82) is 0 Å². The van der Waals surface area contributed by atoms with Gasteiger partial charge in [0, 0.05) is 0 Å². The standard InChI is InChI=1S/C8H12O4/c1-8(2)10-4-6(12-8)7-5(3-9)11-7/h3,5-7H,4H2,1-2H3/t5-,6-,7+/m1/s1. The number of ether oxygens (including phenoxy) is 3. The number of hydrogen-bond acceptors (Lipinski definition) is 4. The molecular weight excluding hydrogens is 160 g/mol. The van der Waals surface area contributed by atoms with Gasteiger partial charge in [-0.2, -0.15) is 0 Å². The van der Waals surface area contributed by atoms with Gasteiger partial charge in [-0.15, -0.1) is 0 Å². The molecule has 0 saturated carbocycles. The van der Waals surface area contributed by atoms with E-state index in [1.165, 1.54) is 0 Å². The number of epoxide rings is 1. The maximum absolute atomic E-state index is 10.3. The maximum Gasteiger partial charge on any atom is 0.163 e. The van der Waals surface area contributed by atoms with Crippen molar-refractivity contribution in [2.24, 2.45) is 0 Å². The summed E-state index contributed by atoms with van der Waals surface area (Å²) in [5.41, 5.74) is 0. The third-order valence-electron chi connectivity index (χ3n) is 2.09. The van der Waals surface area contributed by atoms with Gasteiger partial charge in [-0.25, -0.2) is 0 Å². The summed E-state index contributed by atoms with van der Waals surface area (Å²) >= 11 is 0. The number of carbonyl (C=O) groups excluding carboxylic acids is 1. The summed E-state index contributed by atoms with van der Waals surface area (Å²) in [5.74, 6) is -0.524. The van der Waals surface area contributed by atoms with Crippen molar-refractivity contribution in [2.45, 2.75) is 37.9 Å². The van der Waals surface area contributed by atoms with Crippen LogP contribution in [0.25, 0.3) is 0 Å². The van der Waals surface area contributed by atoms with E-state index in [0.717, 1.165) is 6.29 Å². The highest BCUT2D eigenvalue weighted by molar-refractivity contribution is 5.60. The van der Waals surface area contributed by atoms with Gasteiger partial charge < -0.3 is 19.0 Å². The topological polar surface area (TPSA) is 48.1 Å². The van der Waals surface area contributed by atoms with E-state index >= 15 is 0 Å². The minimum absolute atomic E-state index is 0.0739. The lowest BCUT2D eigenvalue weighted by molar-refractivity contribution is -0.140. The summed E-state index contributed by atoms with van der Waals surface area (Å²) in [7, 11) is 0. The van der Waals surface area contributed by atoms with Crippen molar-refractivity contribution in [3.05, 3.63) is 0 Å². The molecule has 2 saturated heterocycles. The zero-order valence-electron chi connectivity index (χ0n) is 7.15. The molecule has 0 aromatic carbocycles. The Balaban J connectivity index is 1.89. The van der Waals surface area contributed by atoms with Gasteiger partial charge in [0.2, 0.25) is 0 Å². The van der Waals surface area contributed by atoms with Crippen LogP contribution in [0.3, 0.4) is 0 Å². The minimum Gasteiger partial charge on any atom is -0.359 e. The predicted molar refractivity (Wildman–Crippen MR) is 39.6 cm³/mol. The highest BCUT2D eigenvalue weighted by Crippen LogP contribution is 2.33. The Kier molecular flexibility index (Phi) is 1.71. The molecule has 0 unspecified atom stereocenters. The summed E-state index contributed by atoms with van der Waals surface area (Å²) in [4.78, 5) is 10.3. The Morgan fingerprint density at radius 3 is 2.67 bits per heavy atom. The van der Waals surface area contributed by atoms with E-state index in [1.54, 1.807) is 0 Å². The van der Waals surface area contributed by atoms with E-state index in [4.69, 9.17) is 14.2 Å². The Hall–Kier alpha value is -0.450. The molecule has 0 aromatic rings. The first-order chi connectivity index (χ1) is 5.62. The van der Waals surface area contributed by atoms with Gasteiger partial charge in [-0.1, -0.05) is 0 Å². The van der Waals surface area contributed by atoms with Gasteiger partial charge in [0.15, 0.2) is 12.1 Å². The molecular formula is C8H12O4. The fourth-order valence-electron chi connectivity index (χ4n) is 1.42. The molecule has 0 spiro atoms. The van der Waals surface area contributed by atoms with Crippen LogP contribution in [0.15, 0.2) is 0 Å². The largest absolute Gasteiger partial charge is 0.359 e. The molecule has 2 heterocycles. The number of hydrogen-bond donors (Lipinski definition) is 0. The highest BCUT2D eigenvalue weighted by Gasteiger charge is 2.50. The first-order valence-electron chi connectivity index (χ1n) is 4.05. The van der Waals surface area contributed by atoms with E-state index < -0.39 is 5.79 Å². The molecule has 68 valence electrons. The van der Waals surface area contributed by atoms with Gasteiger partial charge in [-0.3, -0.25) is 0 Å². The van der Waals surface area contributed by atoms with Crippen molar-refractivity contribution < 1.29 is 19.0 Å². The molecule has 0 amide bonds. The highest BCUT2D eigenvalue weighted by atomic mass is 16.8. The predicted octanol–water partition coefficient (Wildman–Crippen LogP) is 0.104. The molecule has 4 nitrogen and oxygen atoms in total. The van der Waals surface area contributed by atoms with Gasteiger partial charge in [0.25, 0.3) is 0 Å². The molecule has 12 heavy (non-hydrogen) atoms. The van der Waals surface area contributed by atoms with E-state index in [-0.39, 0.29) is 18.3 Å². The average molecular weight is 172 g/mol. The summed E-state index contributed by atoms with van der Waals surface area (Å²) in [6, 6.07) is 0. The third-order valence-corrected chi connectivity index (χ3v) is 2.09. The van der Waals surface area contributed by atoms with Crippen molar-refractivity contribution in [1.82, 2.24) is 0 Å².